The summed E-state index contributed by atoms with van der Waals surface area (Å²) in [7, 11) is 0. The Balaban J connectivity index is 2.68. The van der Waals surface area contributed by atoms with Crippen molar-refractivity contribution in [2.45, 2.75) is 19.8 Å². The van der Waals surface area contributed by atoms with Crippen LogP contribution in [0.15, 0.2) is 18.3 Å². The molecule has 0 saturated carbocycles. The Bertz CT molecular complexity index is 602. The number of carbonyl (C=O) groups is 1. The van der Waals surface area contributed by atoms with E-state index in [1.807, 2.05) is 26.1 Å². The highest BCUT2D eigenvalue weighted by Crippen LogP contribution is 2.34. The van der Waals surface area contributed by atoms with Crippen LogP contribution in [0.25, 0.3) is 10.9 Å². The molecule has 2 rings (SSSR count). The number of carbonyl (C=O) groups excluding carboxylic acids is 1. The van der Waals surface area contributed by atoms with E-state index in [2.05, 4.69) is 4.98 Å². The number of hydrogen-bond acceptors (Lipinski definition) is 3. The first kappa shape index (κ1) is 13.4. The van der Waals surface area contributed by atoms with Crippen LogP contribution in [0, 0.1) is 0 Å². The molecule has 0 aliphatic rings. The number of ether oxygens (including phenoxy) is 1. The average molecular weight is 261 g/mol. The van der Waals surface area contributed by atoms with Crippen LogP contribution in [0.1, 0.15) is 35.7 Å². The maximum atomic E-state index is 11.6. The summed E-state index contributed by atoms with van der Waals surface area (Å²) < 4.78 is 5.59. The third-order valence-electron chi connectivity index (χ3n) is 3.07. The third-order valence-corrected chi connectivity index (χ3v) is 3.07. The lowest BCUT2D eigenvalue weighted by Gasteiger charge is -2.15. The van der Waals surface area contributed by atoms with Crippen molar-refractivity contribution in [3.8, 4) is 5.75 Å². The van der Waals surface area contributed by atoms with Crippen molar-refractivity contribution < 1.29 is 9.53 Å². The number of primary amides is 1. The van der Waals surface area contributed by atoms with Crippen LogP contribution in [-0.4, -0.2) is 24.0 Å². The Labute approximate surface area is 111 Å². The summed E-state index contributed by atoms with van der Waals surface area (Å²) in [6.45, 7) is 4.89. The molecule has 5 nitrogen and oxygen atoms in total. The third kappa shape index (κ3) is 2.42. The highest BCUT2D eigenvalue weighted by molar-refractivity contribution is 6.02. The molecule has 0 aliphatic heterocycles. The molecule has 5 N–H and O–H groups in total. The van der Waals surface area contributed by atoms with Crippen molar-refractivity contribution in [3.63, 3.8) is 0 Å². The van der Waals surface area contributed by atoms with Gasteiger partial charge in [-0.25, -0.2) is 0 Å². The molecule has 1 aromatic heterocycles. The van der Waals surface area contributed by atoms with Crippen LogP contribution >= 0.6 is 0 Å². The molecule has 0 saturated heterocycles. The SMILES string of the molecule is CC(C)c1c(C(N)=O)cc(OCCN)c2[nH]ccc12. The zero-order valence-electron chi connectivity index (χ0n) is 11.2. The number of rotatable bonds is 5. The topological polar surface area (TPSA) is 94.1 Å². The van der Waals surface area contributed by atoms with Crippen molar-refractivity contribution in [2.24, 2.45) is 11.5 Å². The van der Waals surface area contributed by atoms with Gasteiger partial charge in [0.1, 0.15) is 12.4 Å². The van der Waals surface area contributed by atoms with Crippen molar-refractivity contribution in [1.29, 1.82) is 0 Å². The van der Waals surface area contributed by atoms with Crippen LogP contribution in [0.4, 0.5) is 0 Å². The Morgan fingerprint density at radius 2 is 2.21 bits per heavy atom. The van der Waals surface area contributed by atoms with E-state index in [4.69, 9.17) is 16.2 Å². The minimum Gasteiger partial charge on any atom is -0.490 e. The lowest BCUT2D eigenvalue weighted by molar-refractivity contribution is 0.0999. The molecule has 2 aromatic rings. The Morgan fingerprint density at radius 1 is 1.47 bits per heavy atom. The van der Waals surface area contributed by atoms with Gasteiger partial charge in [0.15, 0.2) is 0 Å². The standard InChI is InChI=1S/C14H19N3O2/c1-8(2)12-9-3-5-17-13(9)11(19-6-4-15)7-10(12)14(16)18/h3,5,7-8,17H,4,6,15H2,1-2H3,(H2,16,18). The molecule has 0 radical (unpaired) electrons. The summed E-state index contributed by atoms with van der Waals surface area (Å²) in [6, 6.07) is 3.64. The van der Waals surface area contributed by atoms with Gasteiger partial charge in [0.05, 0.1) is 5.52 Å². The molecule has 102 valence electrons. The van der Waals surface area contributed by atoms with E-state index in [0.29, 0.717) is 24.5 Å². The zero-order valence-corrected chi connectivity index (χ0v) is 11.2. The second-order valence-corrected chi connectivity index (χ2v) is 4.76. The Hall–Kier alpha value is -2.01. The number of fused-ring (bicyclic) bond motifs is 1. The summed E-state index contributed by atoms with van der Waals surface area (Å²) in [5.74, 6) is 0.373. The fourth-order valence-corrected chi connectivity index (χ4v) is 2.33. The van der Waals surface area contributed by atoms with Gasteiger partial charge in [-0.3, -0.25) is 4.79 Å². The molecule has 0 atom stereocenters. The fourth-order valence-electron chi connectivity index (χ4n) is 2.33. The van der Waals surface area contributed by atoms with E-state index in [1.54, 1.807) is 6.07 Å². The van der Waals surface area contributed by atoms with Gasteiger partial charge >= 0.3 is 0 Å². The molecule has 0 bridgehead atoms. The highest BCUT2D eigenvalue weighted by Gasteiger charge is 2.19. The first-order valence-electron chi connectivity index (χ1n) is 6.33. The molecule has 0 aliphatic carbocycles. The number of nitrogens with one attached hydrogen (secondary N) is 1. The van der Waals surface area contributed by atoms with Crippen molar-refractivity contribution >= 4 is 16.8 Å². The van der Waals surface area contributed by atoms with Crippen molar-refractivity contribution in [1.82, 2.24) is 4.98 Å². The molecule has 19 heavy (non-hydrogen) atoms. The second kappa shape index (κ2) is 5.32. The molecule has 1 heterocycles. The smallest absolute Gasteiger partial charge is 0.249 e. The molecular formula is C14H19N3O2. The normalized spacial score (nSPS) is 11.2. The summed E-state index contributed by atoms with van der Waals surface area (Å²) in [4.78, 5) is 14.8. The first-order chi connectivity index (χ1) is 9.06. The lowest BCUT2D eigenvalue weighted by atomic mass is 9.93. The van der Waals surface area contributed by atoms with E-state index < -0.39 is 5.91 Å². The zero-order chi connectivity index (χ0) is 14.0. The molecule has 1 amide bonds. The summed E-state index contributed by atoms with van der Waals surface area (Å²) >= 11 is 0. The minimum atomic E-state index is -0.440. The predicted octanol–water partition coefficient (Wildman–Crippen LogP) is 1.73. The van der Waals surface area contributed by atoms with Crippen LogP contribution in [0.3, 0.4) is 0 Å². The number of aromatic nitrogens is 1. The molecule has 1 aromatic carbocycles. The van der Waals surface area contributed by atoms with Crippen LogP contribution in [-0.2, 0) is 0 Å². The van der Waals surface area contributed by atoms with Gasteiger partial charge in [-0.15, -0.1) is 0 Å². The molecule has 0 unspecified atom stereocenters. The molecule has 0 spiro atoms. The van der Waals surface area contributed by atoms with Crippen LogP contribution in [0.5, 0.6) is 5.75 Å². The van der Waals surface area contributed by atoms with Gasteiger partial charge in [0.2, 0.25) is 5.91 Å². The van der Waals surface area contributed by atoms with E-state index in [9.17, 15) is 4.79 Å². The Kier molecular flexibility index (Phi) is 3.76. The van der Waals surface area contributed by atoms with Gasteiger partial charge in [0.25, 0.3) is 0 Å². The monoisotopic (exact) mass is 261 g/mol. The van der Waals surface area contributed by atoms with E-state index in [-0.39, 0.29) is 5.92 Å². The van der Waals surface area contributed by atoms with Crippen molar-refractivity contribution in [2.75, 3.05) is 13.2 Å². The largest absolute Gasteiger partial charge is 0.490 e. The van der Waals surface area contributed by atoms with Crippen molar-refractivity contribution in [3.05, 3.63) is 29.5 Å². The highest BCUT2D eigenvalue weighted by atomic mass is 16.5. The maximum absolute atomic E-state index is 11.6. The van der Waals surface area contributed by atoms with Gasteiger partial charge < -0.3 is 21.2 Å². The second-order valence-electron chi connectivity index (χ2n) is 4.76. The molecule has 5 heteroatoms. The summed E-state index contributed by atoms with van der Waals surface area (Å²) in [5, 5.41) is 0.971. The summed E-state index contributed by atoms with van der Waals surface area (Å²) in [5.41, 5.74) is 13.3. The average Bonchev–Trinajstić information content (AvgIpc) is 2.83. The predicted molar refractivity (Wildman–Crippen MR) is 75.5 cm³/mol. The van der Waals surface area contributed by atoms with E-state index >= 15 is 0 Å². The number of amides is 1. The Morgan fingerprint density at radius 3 is 2.79 bits per heavy atom. The van der Waals surface area contributed by atoms with Gasteiger partial charge in [-0.2, -0.15) is 0 Å². The first-order valence-corrected chi connectivity index (χ1v) is 6.33. The molecular weight excluding hydrogens is 242 g/mol. The number of aromatic amines is 1. The number of benzene rings is 1. The number of hydrogen-bond donors (Lipinski definition) is 3. The number of nitrogens with two attached hydrogens (primary N) is 2. The fraction of sp³-hybridized carbons (Fsp3) is 0.357. The van der Waals surface area contributed by atoms with Gasteiger partial charge in [-0.05, 0) is 23.6 Å². The maximum Gasteiger partial charge on any atom is 0.249 e. The quantitative estimate of drug-likeness (QED) is 0.765. The number of H-pyrrole nitrogens is 1. The molecule has 0 fully saturated rings. The van der Waals surface area contributed by atoms with Gasteiger partial charge in [-0.1, -0.05) is 13.8 Å². The minimum absolute atomic E-state index is 0.198. The lowest BCUT2D eigenvalue weighted by Crippen LogP contribution is -2.16. The van der Waals surface area contributed by atoms with E-state index in [0.717, 1.165) is 16.5 Å². The van der Waals surface area contributed by atoms with Crippen LogP contribution < -0.4 is 16.2 Å². The van der Waals surface area contributed by atoms with E-state index in [1.165, 1.54) is 0 Å². The van der Waals surface area contributed by atoms with Gasteiger partial charge in [0, 0.05) is 23.7 Å². The summed E-state index contributed by atoms with van der Waals surface area (Å²) in [6.07, 6.45) is 1.83. The van der Waals surface area contributed by atoms with Crippen LogP contribution in [0.2, 0.25) is 0 Å².